The van der Waals surface area contributed by atoms with Crippen molar-refractivity contribution in [2.24, 2.45) is 0 Å². The van der Waals surface area contributed by atoms with Gasteiger partial charge in [-0.3, -0.25) is 14.5 Å². The average Bonchev–Trinajstić information content (AvgIpc) is 2.76. The van der Waals surface area contributed by atoms with Gasteiger partial charge in [0, 0.05) is 22.7 Å². The van der Waals surface area contributed by atoms with Crippen molar-refractivity contribution >= 4 is 47.0 Å². The lowest BCUT2D eigenvalue weighted by molar-refractivity contribution is -0.124. The molecule has 1 unspecified atom stereocenters. The van der Waals surface area contributed by atoms with Crippen LogP contribution in [0, 0.1) is 0 Å². The van der Waals surface area contributed by atoms with Gasteiger partial charge >= 0.3 is 0 Å². The fourth-order valence-electron chi connectivity index (χ4n) is 3.54. The number of anilines is 1. The summed E-state index contributed by atoms with van der Waals surface area (Å²) in [5, 5.41) is 4.39. The predicted molar refractivity (Wildman–Crippen MR) is 120 cm³/mol. The molecule has 1 N–H and O–H groups in total. The van der Waals surface area contributed by atoms with Crippen molar-refractivity contribution in [3.63, 3.8) is 0 Å². The van der Waals surface area contributed by atoms with Crippen LogP contribution in [0.4, 0.5) is 5.69 Å². The molecule has 1 aliphatic rings. The molecule has 0 bridgehead atoms. The van der Waals surface area contributed by atoms with Crippen LogP contribution in [-0.2, 0) is 9.59 Å². The van der Waals surface area contributed by atoms with E-state index in [1.54, 1.807) is 31.4 Å². The smallest absolute Gasteiger partial charge is 0.266 e. The molecule has 1 saturated heterocycles. The molecule has 1 atom stereocenters. The molecule has 0 radical (unpaired) electrons. The Bertz CT molecular complexity index is 1160. The molecule has 1 aliphatic heterocycles. The second-order valence-electron chi connectivity index (χ2n) is 6.66. The summed E-state index contributed by atoms with van der Waals surface area (Å²) in [4.78, 5) is 27.4. The summed E-state index contributed by atoms with van der Waals surface area (Å²) in [5.41, 5.74) is 0.495. The predicted octanol–water partition coefficient (Wildman–Crippen LogP) is 3.62. The Morgan fingerprint density at radius 1 is 0.933 bits per heavy atom. The van der Waals surface area contributed by atoms with Gasteiger partial charge in [-0.25, -0.2) is 0 Å². The highest BCUT2D eigenvalue weighted by atomic mass is 32.1. The minimum Gasteiger partial charge on any atom is -0.496 e. The number of amides is 2. The van der Waals surface area contributed by atoms with Gasteiger partial charge in [-0.2, -0.15) is 0 Å². The Hall–Kier alpha value is -3.45. The van der Waals surface area contributed by atoms with Crippen LogP contribution in [0.5, 0.6) is 11.5 Å². The first-order valence-corrected chi connectivity index (χ1v) is 9.79. The maximum Gasteiger partial charge on any atom is 0.266 e. The number of benzene rings is 3. The van der Waals surface area contributed by atoms with E-state index in [2.05, 4.69) is 17.9 Å². The molecule has 1 fully saturated rings. The first-order chi connectivity index (χ1) is 14.5. The zero-order chi connectivity index (χ0) is 21.3. The van der Waals surface area contributed by atoms with Crippen molar-refractivity contribution < 1.29 is 19.1 Å². The van der Waals surface area contributed by atoms with Crippen molar-refractivity contribution in [1.29, 1.82) is 0 Å². The zero-order valence-corrected chi connectivity index (χ0v) is 17.4. The third-order valence-corrected chi connectivity index (χ3v) is 5.33. The highest BCUT2D eigenvalue weighted by Crippen LogP contribution is 2.37. The molecule has 30 heavy (non-hydrogen) atoms. The lowest BCUT2D eigenvalue weighted by atomic mass is 9.99. The lowest BCUT2D eigenvalue weighted by Crippen LogP contribution is -2.55. The van der Waals surface area contributed by atoms with Crippen LogP contribution in [0.2, 0.25) is 0 Å². The molecule has 4 rings (SSSR count). The summed E-state index contributed by atoms with van der Waals surface area (Å²) in [6.07, 6.45) is 1.56. The highest BCUT2D eigenvalue weighted by molar-refractivity contribution is 7.81. The van der Waals surface area contributed by atoms with Crippen LogP contribution in [0.3, 0.4) is 0 Å². The Morgan fingerprint density at radius 3 is 2.23 bits per heavy atom. The number of ether oxygens (including phenoxy) is 2. The number of rotatable bonds is 4. The summed E-state index contributed by atoms with van der Waals surface area (Å²) in [5.74, 6) is 0.212. The maximum atomic E-state index is 13.3. The van der Waals surface area contributed by atoms with Crippen LogP contribution >= 0.6 is 12.6 Å². The third kappa shape index (κ3) is 3.37. The van der Waals surface area contributed by atoms with Crippen LogP contribution in [0.15, 0.2) is 66.2 Å². The van der Waals surface area contributed by atoms with Crippen LogP contribution < -0.4 is 19.7 Å². The quantitative estimate of drug-likeness (QED) is 0.384. The van der Waals surface area contributed by atoms with E-state index in [0.29, 0.717) is 22.7 Å². The van der Waals surface area contributed by atoms with Gasteiger partial charge in [-0.05, 0) is 23.6 Å². The minimum absolute atomic E-state index is 0.00206. The molecule has 7 heteroatoms. The SMILES string of the molecule is COc1cc(OC)c2ccccc2c1/C=C1/C(=O)NC(S)N(c2ccccc2)C1=O. The van der Waals surface area contributed by atoms with E-state index in [4.69, 9.17) is 9.47 Å². The molecule has 0 saturated carbocycles. The Labute approximate surface area is 179 Å². The number of carbonyl (C=O) groups is 2. The highest BCUT2D eigenvalue weighted by Gasteiger charge is 2.36. The van der Waals surface area contributed by atoms with Gasteiger partial charge < -0.3 is 14.8 Å². The lowest BCUT2D eigenvalue weighted by Gasteiger charge is -2.34. The Kier molecular flexibility index (Phi) is 5.37. The second kappa shape index (κ2) is 8.12. The Balaban J connectivity index is 1.89. The number of thiol groups is 1. The van der Waals surface area contributed by atoms with E-state index in [0.717, 1.165) is 10.8 Å². The number of carbonyl (C=O) groups excluding carboxylic acids is 2. The van der Waals surface area contributed by atoms with Crippen molar-refractivity contribution in [2.45, 2.75) is 5.50 Å². The number of para-hydroxylation sites is 1. The van der Waals surface area contributed by atoms with Crippen molar-refractivity contribution in [3.05, 3.63) is 71.8 Å². The van der Waals surface area contributed by atoms with Gasteiger partial charge in [-0.15, -0.1) is 12.6 Å². The van der Waals surface area contributed by atoms with Crippen LogP contribution in [0.25, 0.3) is 16.8 Å². The summed E-state index contributed by atoms with van der Waals surface area (Å²) in [6, 6.07) is 18.4. The first-order valence-electron chi connectivity index (χ1n) is 9.28. The van der Waals surface area contributed by atoms with E-state index in [9.17, 15) is 9.59 Å². The maximum absolute atomic E-state index is 13.3. The molecule has 2 amide bonds. The van der Waals surface area contributed by atoms with Crippen molar-refractivity contribution in [3.8, 4) is 11.5 Å². The van der Waals surface area contributed by atoms with Gasteiger partial charge in [0.1, 0.15) is 17.1 Å². The van der Waals surface area contributed by atoms with Crippen LogP contribution in [0.1, 0.15) is 5.56 Å². The molecule has 0 aliphatic carbocycles. The number of hydrogen-bond donors (Lipinski definition) is 2. The van der Waals surface area contributed by atoms with E-state index < -0.39 is 17.3 Å². The topological polar surface area (TPSA) is 67.9 Å². The Morgan fingerprint density at radius 2 is 1.57 bits per heavy atom. The summed E-state index contributed by atoms with van der Waals surface area (Å²) in [7, 11) is 3.12. The fraction of sp³-hybridized carbons (Fsp3) is 0.130. The van der Waals surface area contributed by atoms with Crippen molar-refractivity contribution in [1.82, 2.24) is 5.32 Å². The normalized spacial score (nSPS) is 17.9. The van der Waals surface area contributed by atoms with E-state index in [-0.39, 0.29) is 5.57 Å². The number of methoxy groups -OCH3 is 2. The van der Waals surface area contributed by atoms with Gasteiger partial charge in [-0.1, -0.05) is 42.5 Å². The molecule has 3 aromatic carbocycles. The molecule has 152 valence electrons. The molecule has 1 heterocycles. The summed E-state index contributed by atoms with van der Waals surface area (Å²) in [6.45, 7) is 0. The molecular formula is C23H20N2O4S. The largest absolute Gasteiger partial charge is 0.496 e. The van der Waals surface area contributed by atoms with E-state index in [1.165, 1.54) is 12.0 Å². The molecule has 6 nitrogen and oxygen atoms in total. The monoisotopic (exact) mass is 420 g/mol. The van der Waals surface area contributed by atoms with Gasteiger partial charge in [0.05, 0.1) is 14.2 Å². The average molecular weight is 420 g/mol. The van der Waals surface area contributed by atoms with E-state index >= 15 is 0 Å². The van der Waals surface area contributed by atoms with Gasteiger partial charge in [0.15, 0.2) is 5.50 Å². The summed E-state index contributed by atoms with van der Waals surface area (Å²) >= 11 is 4.38. The molecule has 0 spiro atoms. The first kappa shape index (κ1) is 19.8. The second-order valence-corrected chi connectivity index (χ2v) is 7.15. The van der Waals surface area contributed by atoms with Gasteiger partial charge in [0.25, 0.3) is 11.8 Å². The fourth-order valence-corrected chi connectivity index (χ4v) is 3.90. The third-order valence-electron chi connectivity index (χ3n) is 4.97. The molecule has 0 aromatic heterocycles. The van der Waals surface area contributed by atoms with Crippen molar-refractivity contribution in [2.75, 3.05) is 19.1 Å². The number of fused-ring (bicyclic) bond motifs is 1. The zero-order valence-electron chi connectivity index (χ0n) is 16.5. The number of nitrogens with one attached hydrogen (secondary N) is 1. The van der Waals surface area contributed by atoms with E-state index in [1.807, 2.05) is 42.5 Å². The van der Waals surface area contributed by atoms with Crippen LogP contribution in [-0.4, -0.2) is 31.5 Å². The number of hydrogen-bond acceptors (Lipinski definition) is 5. The molecular weight excluding hydrogens is 400 g/mol. The number of nitrogens with zero attached hydrogens (tertiary/aromatic N) is 1. The minimum atomic E-state index is -0.765. The molecule has 3 aromatic rings. The standard InChI is InChI=1S/C23H20N2O4S/c1-28-19-13-20(29-2)17(15-10-6-7-11-16(15)19)12-18-21(26)24-23(30)25(22(18)27)14-8-4-3-5-9-14/h3-13,23,30H,1-2H3,(H,24,26)/b18-12-. The summed E-state index contributed by atoms with van der Waals surface area (Å²) < 4.78 is 11.0. The van der Waals surface area contributed by atoms with Gasteiger partial charge in [0.2, 0.25) is 0 Å².